The number of hydrogen-bond acceptors (Lipinski definition) is 4. The molecule has 1 fully saturated rings. The molecule has 1 unspecified atom stereocenters. The summed E-state index contributed by atoms with van der Waals surface area (Å²) >= 11 is 0. The zero-order valence-electron chi connectivity index (χ0n) is 15.9. The van der Waals surface area contributed by atoms with Gasteiger partial charge in [-0.25, -0.2) is 0 Å². The predicted octanol–water partition coefficient (Wildman–Crippen LogP) is 3.47. The van der Waals surface area contributed by atoms with Crippen LogP contribution in [0.2, 0.25) is 0 Å². The van der Waals surface area contributed by atoms with Crippen LogP contribution in [0.15, 0.2) is 54.6 Å². The molecule has 2 aromatic carbocycles. The standard InChI is InChI=1S/C20H26N4O.3ClH/c1-16(15-22-20(25)18-9-5-6-10-19(18)21)23-11-13-24(14-12-23)17-7-3-2-4-8-17;;;/h2-10,16H,11-15,21H2,1H3,(H,22,25);3*1H. The number of piperazine rings is 1. The van der Waals surface area contributed by atoms with Crippen LogP contribution in [0.1, 0.15) is 17.3 Å². The van der Waals surface area contributed by atoms with E-state index in [1.165, 1.54) is 5.69 Å². The van der Waals surface area contributed by atoms with Gasteiger partial charge in [-0.05, 0) is 31.2 Å². The Balaban J connectivity index is 0.00000243. The molecule has 28 heavy (non-hydrogen) atoms. The van der Waals surface area contributed by atoms with Crippen molar-refractivity contribution >= 4 is 54.5 Å². The molecule has 3 rings (SSSR count). The Hall–Kier alpha value is -1.66. The minimum absolute atomic E-state index is 0. The van der Waals surface area contributed by atoms with E-state index in [1.807, 2.05) is 18.2 Å². The molecule has 0 aromatic heterocycles. The van der Waals surface area contributed by atoms with Crippen LogP contribution >= 0.6 is 37.2 Å². The topological polar surface area (TPSA) is 61.6 Å². The molecule has 1 amide bonds. The second-order valence-corrected chi connectivity index (χ2v) is 6.50. The monoisotopic (exact) mass is 446 g/mol. The minimum Gasteiger partial charge on any atom is -0.398 e. The lowest BCUT2D eigenvalue weighted by molar-refractivity contribution is 0.0935. The van der Waals surface area contributed by atoms with Crippen molar-refractivity contribution in [3.05, 3.63) is 60.2 Å². The summed E-state index contributed by atoms with van der Waals surface area (Å²) in [6.07, 6.45) is 0. The van der Waals surface area contributed by atoms with Gasteiger partial charge in [-0.3, -0.25) is 9.69 Å². The van der Waals surface area contributed by atoms with E-state index in [9.17, 15) is 4.79 Å². The highest BCUT2D eigenvalue weighted by Gasteiger charge is 2.21. The molecule has 0 spiro atoms. The number of nitrogens with two attached hydrogens (primary N) is 1. The number of halogens is 3. The molecule has 1 heterocycles. The summed E-state index contributed by atoms with van der Waals surface area (Å²) in [7, 11) is 0. The highest BCUT2D eigenvalue weighted by Crippen LogP contribution is 2.16. The van der Waals surface area contributed by atoms with Crippen LogP contribution in [0, 0.1) is 0 Å². The number of para-hydroxylation sites is 2. The Kier molecular flexibility index (Phi) is 12.0. The molecule has 0 aliphatic carbocycles. The fourth-order valence-corrected chi connectivity index (χ4v) is 3.23. The average molecular weight is 448 g/mol. The summed E-state index contributed by atoms with van der Waals surface area (Å²) in [6, 6.07) is 18.0. The first-order valence-electron chi connectivity index (χ1n) is 8.82. The van der Waals surface area contributed by atoms with Crippen molar-refractivity contribution in [1.29, 1.82) is 0 Å². The number of rotatable bonds is 5. The van der Waals surface area contributed by atoms with Gasteiger partial charge in [0.05, 0.1) is 5.56 Å². The first kappa shape index (κ1) is 26.3. The van der Waals surface area contributed by atoms with E-state index < -0.39 is 0 Å². The summed E-state index contributed by atoms with van der Waals surface area (Å²) in [5.74, 6) is -0.104. The van der Waals surface area contributed by atoms with Gasteiger partial charge in [-0.15, -0.1) is 37.2 Å². The second kappa shape index (κ2) is 12.7. The zero-order valence-corrected chi connectivity index (χ0v) is 18.4. The van der Waals surface area contributed by atoms with Gasteiger partial charge in [0.25, 0.3) is 5.91 Å². The summed E-state index contributed by atoms with van der Waals surface area (Å²) in [5.41, 5.74) is 8.21. The number of nitrogens with zero attached hydrogens (tertiary/aromatic N) is 2. The third kappa shape index (κ3) is 6.74. The van der Waals surface area contributed by atoms with Gasteiger partial charge < -0.3 is 16.0 Å². The first-order valence-corrected chi connectivity index (χ1v) is 8.82. The third-order valence-corrected chi connectivity index (χ3v) is 4.82. The molecular formula is C20H29Cl3N4O. The van der Waals surface area contributed by atoms with Crippen molar-refractivity contribution in [2.24, 2.45) is 0 Å². The Labute approximate surface area is 185 Å². The highest BCUT2D eigenvalue weighted by atomic mass is 35.5. The molecule has 8 heteroatoms. The number of hydrogen-bond donors (Lipinski definition) is 2. The molecule has 1 atom stereocenters. The summed E-state index contributed by atoms with van der Waals surface area (Å²) < 4.78 is 0. The maximum atomic E-state index is 12.3. The van der Waals surface area contributed by atoms with Crippen LogP contribution < -0.4 is 16.0 Å². The second-order valence-electron chi connectivity index (χ2n) is 6.50. The molecule has 1 aliphatic heterocycles. The predicted molar refractivity (Wildman–Crippen MR) is 125 cm³/mol. The Morgan fingerprint density at radius 1 is 0.964 bits per heavy atom. The number of amides is 1. The van der Waals surface area contributed by atoms with E-state index in [4.69, 9.17) is 5.73 Å². The van der Waals surface area contributed by atoms with Crippen LogP contribution in [-0.4, -0.2) is 49.6 Å². The first-order chi connectivity index (χ1) is 12.1. The lowest BCUT2D eigenvalue weighted by Gasteiger charge is -2.39. The van der Waals surface area contributed by atoms with Crippen LogP contribution in [-0.2, 0) is 0 Å². The van der Waals surface area contributed by atoms with Gasteiger partial charge in [0, 0.05) is 50.1 Å². The summed E-state index contributed by atoms with van der Waals surface area (Å²) in [6.45, 7) is 6.80. The number of nitrogens with one attached hydrogen (secondary N) is 1. The SMILES string of the molecule is CC(CNC(=O)c1ccccc1N)N1CCN(c2ccccc2)CC1.Cl.Cl.Cl. The number of nitrogen functional groups attached to an aromatic ring is 1. The number of benzene rings is 2. The number of anilines is 2. The Bertz CT molecular complexity index is 710. The van der Waals surface area contributed by atoms with Crippen molar-refractivity contribution in [3.8, 4) is 0 Å². The van der Waals surface area contributed by atoms with Gasteiger partial charge in [0.2, 0.25) is 0 Å². The van der Waals surface area contributed by atoms with E-state index in [-0.39, 0.29) is 43.1 Å². The number of carbonyl (C=O) groups excluding carboxylic acids is 1. The molecule has 0 radical (unpaired) electrons. The van der Waals surface area contributed by atoms with Crippen LogP contribution in [0.4, 0.5) is 11.4 Å². The number of carbonyl (C=O) groups is 1. The molecule has 1 saturated heterocycles. The van der Waals surface area contributed by atoms with Gasteiger partial charge in [0.15, 0.2) is 0 Å². The fourth-order valence-electron chi connectivity index (χ4n) is 3.23. The molecule has 3 N–H and O–H groups in total. The van der Waals surface area contributed by atoms with E-state index in [2.05, 4.69) is 46.3 Å². The molecule has 156 valence electrons. The fraction of sp³-hybridized carbons (Fsp3) is 0.350. The molecule has 5 nitrogen and oxygen atoms in total. The molecule has 1 aliphatic rings. The van der Waals surface area contributed by atoms with Gasteiger partial charge in [-0.2, -0.15) is 0 Å². The highest BCUT2D eigenvalue weighted by molar-refractivity contribution is 5.99. The van der Waals surface area contributed by atoms with Crippen molar-refractivity contribution < 1.29 is 4.79 Å². The smallest absolute Gasteiger partial charge is 0.253 e. The molecular weight excluding hydrogens is 419 g/mol. The maximum Gasteiger partial charge on any atom is 0.253 e. The lowest BCUT2D eigenvalue weighted by atomic mass is 10.1. The van der Waals surface area contributed by atoms with Crippen molar-refractivity contribution in [3.63, 3.8) is 0 Å². The summed E-state index contributed by atoms with van der Waals surface area (Å²) in [4.78, 5) is 17.1. The zero-order chi connectivity index (χ0) is 17.6. The Morgan fingerprint density at radius 2 is 1.54 bits per heavy atom. The van der Waals surface area contributed by atoms with E-state index in [0.29, 0.717) is 23.8 Å². The van der Waals surface area contributed by atoms with Gasteiger partial charge >= 0.3 is 0 Å². The van der Waals surface area contributed by atoms with Gasteiger partial charge in [0.1, 0.15) is 0 Å². The van der Waals surface area contributed by atoms with E-state index >= 15 is 0 Å². The Morgan fingerprint density at radius 3 is 2.14 bits per heavy atom. The van der Waals surface area contributed by atoms with Crippen molar-refractivity contribution in [2.75, 3.05) is 43.4 Å². The minimum atomic E-state index is -0.104. The normalized spacial score (nSPS) is 14.7. The lowest BCUT2D eigenvalue weighted by Crippen LogP contribution is -2.52. The largest absolute Gasteiger partial charge is 0.398 e. The van der Waals surface area contributed by atoms with E-state index in [1.54, 1.807) is 12.1 Å². The van der Waals surface area contributed by atoms with Crippen LogP contribution in [0.5, 0.6) is 0 Å². The third-order valence-electron chi connectivity index (χ3n) is 4.82. The average Bonchev–Trinajstić information content (AvgIpc) is 2.67. The summed E-state index contributed by atoms with van der Waals surface area (Å²) in [5, 5.41) is 3.01. The van der Waals surface area contributed by atoms with Gasteiger partial charge in [-0.1, -0.05) is 30.3 Å². The molecule has 0 bridgehead atoms. The van der Waals surface area contributed by atoms with Crippen molar-refractivity contribution in [2.45, 2.75) is 13.0 Å². The van der Waals surface area contributed by atoms with Crippen LogP contribution in [0.3, 0.4) is 0 Å². The quantitative estimate of drug-likeness (QED) is 0.689. The van der Waals surface area contributed by atoms with E-state index in [0.717, 1.165) is 26.2 Å². The van der Waals surface area contributed by atoms with Crippen molar-refractivity contribution in [1.82, 2.24) is 10.2 Å². The maximum absolute atomic E-state index is 12.3. The molecule has 2 aromatic rings. The molecule has 0 saturated carbocycles. The van der Waals surface area contributed by atoms with Crippen LogP contribution in [0.25, 0.3) is 0 Å².